The van der Waals surface area contributed by atoms with Gasteiger partial charge in [0, 0.05) is 24.9 Å². The molecular weight excluding hydrogens is 378 g/mol. The zero-order valence-electron chi connectivity index (χ0n) is 14.6. The van der Waals surface area contributed by atoms with E-state index >= 15 is 0 Å². The molecule has 0 spiro atoms. The Labute approximate surface area is 159 Å². The molecule has 0 bridgehead atoms. The molecule has 26 heavy (non-hydrogen) atoms. The predicted molar refractivity (Wildman–Crippen MR) is 102 cm³/mol. The van der Waals surface area contributed by atoms with Crippen LogP contribution in [0.2, 0.25) is 0 Å². The molecule has 0 aromatic heterocycles. The van der Waals surface area contributed by atoms with Crippen LogP contribution in [-0.2, 0) is 19.4 Å². The molecule has 0 radical (unpaired) electrons. The van der Waals surface area contributed by atoms with Crippen molar-refractivity contribution in [3.63, 3.8) is 0 Å². The second-order valence-electron chi connectivity index (χ2n) is 6.73. The summed E-state index contributed by atoms with van der Waals surface area (Å²) < 4.78 is 23.2. The Kier molecular flexibility index (Phi) is 6.31. The number of nitrogens with zero attached hydrogens (tertiary/aromatic N) is 1. The Balaban J connectivity index is 0.00000243. The van der Waals surface area contributed by atoms with Crippen LogP contribution in [0.4, 0.5) is 5.69 Å². The van der Waals surface area contributed by atoms with Crippen molar-refractivity contribution in [1.82, 2.24) is 10.6 Å². The van der Waals surface area contributed by atoms with E-state index in [1.807, 2.05) is 30.3 Å². The molecule has 7 nitrogen and oxygen atoms in total. The Morgan fingerprint density at radius 2 is 1.85 bits per heavy atom. The monoisotopic (exact) mass is 401 g/mol. The lowest BCUT2D eigenvalue weighted by molar-refractivity contribution is -0.125. The molecule has 2 amide bonds. The van der Waals surface area contributed by atoms with Crippen LogP contribution in [0.3, 0.4) is 0 Å². The van der Waals surface area contributed by atoms with Crippen molar-refractivity contribution in [2.24, 2.45) is 0 Å². The van der Waals surface area contributed by atoms with Gasteiger partial charge in [-0.25, -0.2) is 8.42 Å². The number of amides is 2. The number of carbonyl (C=O) groups excluding carboxylic acids is 2. The van der Waals surface area contributed by atoms with Crippen LogP contribution < -0.4 is 15.5 Å². The molecule has 2 aliphatic heterocycles. The molecule has 2 fully saturated rings. The minimum Gasteiger partial charge on any atom is -0.350 e. The zero-order valence-corrected chi connectivity index (χ0v) is 16.2. The predicted octanol–water partition coefficient (Wildman–Crippen LogP) is 0.497. The van der Waals surface area contributed by atoms with Gasteiger partial charge < -0.3 is 15.5 Å². The van der Waals surface area contributed by atoms with Crippen LogP contribution in [0, 0.1) is 0 Å². The average Bonchev–Trinajstić information content (AvgIpc) is 2.95. The van der Waals surface area contributed by atoms with Gasteiger partial charge in [-0.1, -0.05) is 18.2 Å². The van der Waals surface area contributed by atoms with Crippen molar-refractivity contribution < 1.29 is 18.0 Å². The maximum absolute atomic E-state index is 12.8. The summed E-state index contributed by atoms with van der Waals surface area (Å²) >= 11 is 0. The molecule has 3 rings (SSSR count). The number of hydrogen-bond acceptors (Lipinski definition) is 5. The lowest BCUT2D eigenvalue weighted by Crippen LogP contribution is -2.59. The molecule has 0 saturated carbocycles. The summed E-state index contributed by atoms with van der Waals surface area (Å²) in [5.41, 5.74) is 0.781. The number of rotatable bonds is 4. The van der Waals surface area contributed by atoms with Crippen LogP contribution in [0.1, 0.15) is 19.3 Å². The van der Waals surface area contributed by atoms with Crippen LogP contribution in [-0.4, -0.2) is 56.9 Å². The molecule has 1 aromatic rings. The van der Waals surface area contributed by atoms with Crippen molar-refractivity contribution in [3.05, 3.63) is 30.3 Å². The van der Waals surface area contributed by atoms with E-state index < -0.39 is 20.5 Å². The van der Waals surface area contributed by atoms with Gasteiger partial charge in [0.25, 0.3) is 0 Å². The third kappa shape index (κ3) is 3.87. The van der Waals surface area contributed by atoms with Crippen LogP contribution in [0.5, 0.6) is 0 Å². The van der Waals surface area contributed by atoms with E-state index in [4.69, 9.17) is 0 Å². The lowest BCUT2D eigenvalue weighted by atomic mass is 9.95. The third-order valence-corrected chi connectivity index (χ3v) is 7.08. The van der Waals surface area contributed by atoms with E-state index in [9.17, 15) is 18.0 Å². The van der Waals surface area contributed by atoms with E-state index in [2.05, 4.69) is 10.6 Å². The molecule has 2 N–H and O–H groups in total. The molecule has 1 aromatic carbocycles. The van der Waals surface area contributed by atoms with Gasteiger partial charge in [0.1, 0.15) is 0 Å². The largest absolute Gasteiger partial charge is 0.350 e. The first-order chi connectivity index (χ1) is 11.8. The Morgan fingerprint density at radius 3 is 2.42 bits per heavy atom. The van der Waals surface area contributed by atoms with E-state index in [1.54, 1.807) is 4.90 Å². The smallest absolute Gasteiger partial charge is 0.241 e. The van der Waals surface area contributed by atoms with Crippen LogP contribution >= 0.6 is 12.4 Å². The highest BCUT2D eigenvalue weighted by atomic mass is 35.5. The standard InChI is InChI=1S/C17H23N3O4S.ClH/c1-25(23,24)17(7-9-18-10-8-17)16(22)19-13-11-15(21)20(12-13)14-5-3-2-4-6-14;/h2-6,13,18H,7-12H2,1H3,(H,19,22);1H. The Hall–Kier alpha value is -1.64. The maximum atomic E-state index is 12.8. The minimum atomic E-state index is -3.56. The molecular formula is C17H24ClN3O4S. The van der Waals surface area contributed by atoms with Crippen LogP contribution in [0.15, 0.2) is 30.3 Å². The zero-order chi connectivity index (χ0) is 18.1. The summed E-state index contributed by atoms with van der Waals surface area (Å²) in [6.07, 6.45) is 1.80. The fourth-order valence-electron chi connectivity index (χ4n) is 3.58. The molecule has 1 unspecified atom stereocenters. The summed E-state index contributed by atoms with van der Waals surface area (Å²) in [6.45, 7) is 1.33. The highest BCUT2D eigenvalue weighted by Crippen LogP contribution is 2.29. The number of piperidine rings is 1. The number of nitrogens with one attached hydrogen (secondary N) is 2. The van der Waals surface area contributed by atoms with E-state index in [0.717, 1.165) is 11.9 Å². The second-order valence-corrected chi connectivity index (χ2v) is 9.06. The van der Waals surface area contributed by atoms with E-state index in [1.165, 1.54) is 0 Å². The molecule has 2 heterocycles. The summed E-state index contributed by atoms with van der Waals surface area (Å²) in [4.78, 5) is 26.7. The van der Waals surface area contributed by atoms with Crippen molar-refractivity contribution in [2.45, 2.75) is 30.1 Å². The molecule has 2 aliphatic rings. The summed E-state index contributed by atoms with van der Waals surface area (Å²) in [7, 11) is -3.56. The minimum absolute atomic E-state index is 0. The normalized spacial score (nSPS) is 22.6. The molecule has 9 heteroatoms. The molecule has 1 atom stereocenters. The second kappa shape index (κ2) is 7.94. The SMILES string of the molecule is CS(=O)(=O)C1(C(=O)NC2CC(=O)N(c3ccccc3)C2)CCNCC1.Cl. The van der Waals surface area contributed by atoms with Crippen molar-refractivity contribution in [1.29, 1.82) is 0 Å². The summed E-state index contributed by atoms with van der Waals surface area (Å²) in [6, 6.07) is 8.87. The van der Waals surface area contributed by atoms with Gasteiger partial charge in [0.2, 0.25) is 11.8 Å². The third-order valence-electron chi connectivity index (χ3n) is 5.06. The first-order valence-corrected chi connectivity index (χ1v) is 10.3. The number of hydrogen-bond donors (Lipinski definition) is 2. The quantitative estimate of drug-likeness (QED) is 0.765. The molecule has 0 aliphatic carbocycles. The number of anilines is 1. The van der Waals surface area contributed by atoms with E-state index in [0.29, 0.717) is 19.6 Å². The van der Waals surface area contributed by atoms with Crippen LogP contribution in [0.25, 0.3) is 0 Å². The lowest BCUT2D eigenvalue weighted by Gasteiger charge is -2.35. The average molecular weight is 402 g/mol. The van der Waals surface area contributed by atoms with Gasteiger partial charge in [-0.05, 0) is 38.1 Å². The number of halogens is 1. The number of carbonyl (C=O) groups is 2. The molecule has 144 valence electrons. The van der Waals surface area contributed by atoms with Gasteiger partial charge >= 0.3 is 0 Å². The number of para-hydroxylation sites is 1. The maximum Gasteiger partial charge on any atom is 0.241 e. The van der Waals surface area contributed by atoms with Gasteiger partial charge in [-0.15, -0.1) is 12.4 Å². The van der Waals surface area contributed by atoms with Crippen molar-refractivity contribution in [2.75, 3.05) is 30.8 Å². The fraction of sp³-hybridized carbons (Fsp3) is 0.529. The van der Waals surface area contributed by atoms with Gasteiger partial charge in [0.05, 0.1) is 6.04 Å². The van der Waals surface area contributed by atoms with E-state index in [-0.39, 0.29) is 43.6 Å². The first-order valence-electron chi connectivity index (χ1n) is 8.40. The highest BCUT2D eigenvalue weighted by Gasteiger charge is 2.49. The highest BCUT2D eigenvalue weighted by molar-refractivity contribution is 7.92. The first kappa shape index (κ1) is 20.7. The van der Waals surface area contributed by atoms with Crippen molar-refractivity contribution >= 4 is 39.7 Å². The fourth-order valence-corrected chi connectivity index (χ4v) is 4.92. The summed E-state index contributed by atoms with van der Waals surface area (Å²) in [5.74, 6) is -0.556. The number of benzene rings is 1. The van der Waals surface area contributed by atoms with Gasteiger partial charge in [0.15, 0.2) is 14.6 Å². The van der Waals surface area contributed by atoms with Gasteiger partial charge in [-0.2, -0.15) is 0 Å². The molecule has 2 saturated heterocycles. The number of sulfone groups is 1. The van der Waals surface area contributed by atoms with Crippen molar-refractivity contribution in [3.8, 4) is 0 Å². The Bertz CT molecular complexity index is 763. The summed E-state index contributed by atoms with van der Waals surface area (Å²) in [5, 5.41) is 5.91. The van der Waals surface area contributed by atoms with Gasteiger partial charge in [-0.3, -0.25) is 9.59 Å². The topological polar surface area (TPSA) is 95.6 Å². The Morgan fingerprint density at radius 1 is 1.23 bits per heavy atom.